The Hall–Kier alpha value is -0.120. The van der Waals surface area contributed by atoms with E-state index in [0.29, 0.717) is 6.04 Å². The Morgan fingerprint density at radius 3 is 2.81 bits per heavy atom. The van der Waals surface area contributed by atoms with Crippen molar-refractivity contribution in [2.45, 2.75) is 45.7 Å². The van der Waals surface area contributed by atoms with Crippen molar-refractivity contribution in [3.63, 3.8) is 0 Å². The van der Waals surface area contributed by atoms with E-state index in [1.807, 2.05) is 0 Å². The number of hydrogen-bond donors (Lipinski definition) is 1. The van der Waals surface area contributed by atoms with Gasteiger partial charge in [0.1, 0.15) is 0 Å². The summed E-state index contributed by atoms with van der Waals surface area (Å²) in [5.74, 6) is 0. The van der Waals surface area contributed by atoms with Crippen LogP contribution in [-0.2, 0) is 0 Å². The van der Waals surface area contributed by atoms with Crippen LogP contribution in [0.3, 0.4) is 0 Å². The molecule has 96 valence electrons. The smallest absolute Gasteiger partial charge is 0.0223 e. The number of hydrogen-bond acceptors (Lipinski definition) is 3. The molecule has 0 amide bonds. The van der Waals surface area contributed by atoms with Gasteiger partial charge in [-0.3, -0.25) is 4.90 Å². The third kappa shape index (κ3) is 4.40. The van der Waals surface area contributed by atoms with Gasteiger partial charge in [0, 0.05) is 25.2 Å². The Bertz CT molecular complexity index is 184. The molecule has 0 radical (unpaired) electrons. The van der Waals surface area contributed by atoms with Gasteiger partial charge in [-0.25, -0.2) is 0 Å². The zero-order chi connectivity index (χ0) is 12.0. The van der Waals surface area contributed by atoms with Crippen molar-refractivity contribution in [1.82, 2.24) is 15.1 Å². The van der Waals surface area contributed by atoms with Gasteiger partial charge in [-0.15, -0.1) is 0 Å². The zero-order valence-corrected chi connectivity index (χ0v) is 11.5. The number of rotatable bonds is 7. The SMILES string of the molecule is CCNC(C)CN(C)CC1CCCN1CC. The summed E-state index contributed by atoms with van der Waals surface area (Å²) >= 11 is 0. The van der Waals surface area contributed by atoms with Crippen LogP contribution in [0, 0.1) is 0 Å². The third-order valence-electron chi connectivity index (χ3n) is 3.57. The topological polar surface area (TPSA) is 18.5 Å². The molecule has 0 aromatic heterocycles. The summed E-state index contributed by atoms with van der Waals surface area (Å²) in [5.41, 5.74) is 0. The Morgan fingerprint density at radius 1 is 1.44 bits per heavy atom. The summed E-state index contributed by atoms with van der Waals surface area (Å²) in [6.45, 7) is 12.7. The van der Waals surface area contributed by atoms with Gasteiger partial charge in [0.15, 0.2) is 0 Å². The van der Waals surface area contributed by atoms with E-state index in [2.05, 4.69) is 42.9 Å². The first-order valence-electron chi connectivity index (χ1n) is 6.83. The van der Waals surface area contributed by atoms with Crippen LogP contribution in [0.2, 0.25) is 0 Å². The van der Waals surface area contributed by atoms with Gasteiger partial charge in [-0.1, -0.05) is 13.8 Å². The molecule has 0 spiro atoms. The lowest BCUT2D eigenvalue weighted by Gasteiger charge is -2.29. The Kier molecular flexibility index (Phi) is 6.32. The minimum absolute atomic E-state index is 0.603. The lowest BCUT2D eigenvalue weighted by Crippen LogP contribution is -2.43. The van der Waals surface area contributed by atoms with Crippen molar-refractivity contribution in [2.75, 3.05) is 39.8 Å². The van der Waals surface area contributed by atoms with Gasteiger partial charge in [0.25, 0.3) is 0 Å². The lowest BCUT2D eigenvalue weighted by molar-refractivity contribution is 0.190. The molecule has 0 saturated carbocycles. The van der Waals surface area contributed by atoms with E-state index in [1.165, 1.54) is 32.5 Å². The lowest BCUT2D eigenvalue weighted by atomic mass is 10.2. The molecular formula is C13H29N3. The highest BCUT2D eigenvalue weighted by Crippen LogP contribution is 2.17. The molecule has 1 heterocycles. The van der Waals surface area contributed by atoms with Crippen molar-refractivity contribution in [3.8, 4) is 0 Å². The molecule has 1 aliphatic heterocycles. The average molecular weight is 227 g/mol. The van der Waals surface area contributed by atoms with Gasteiger partial charge < -0.3 is 10.2 Å². The van der Waals surface area contributed by atoms with Crippen LogP contribution in [0.1, 0.15) is 33.6 Å². The van der Waals surface area contributed by atoms with Crippen LogP contribution in [0.25, 0.3) is 0 Å². The molecule has 0 aromatic rings. The van der Waals surface area contributed by atoms with Crippen molar-refractivity contribution >= 4 is 0 Å². The van der Waals surface area contributed by atoms with Crippen molar-refractivity contribution in [2.24, 2.45) is 0 Å². The molecule has 3 heteroatoms. The largest absolute Gasteiger partial charge is 0.313 e. The van der Waals surface area contributed by atoms with Crippen LogP contribution in [0.5, 0.6) is 0 Å². The highest BCUT2D eigenvalue weighted by molar-refractivity contribution is 4.81. The fourth-order valence-corrected chi connectivity index (χ4v) is 2.83. The van der Waals surface area contributed by atoms with E-state index in [1.54, 1.807) is 0 Å². The second kappa shape index (κ2) is 7.25. The van der Waals surface area contributed by atoms with Gasteiger partial charge >= 0.3 is 0 Å². The molecule has 3 nitrogen and oxygen atoms in total. The number of likely N-dealkylation sites (N-methyl/N-ethyl adjacent to an activating group) is 3. The summed E-state index contributed by atoms with van der Waals surface area (Å²) in [6, 6.07) is 1.40. The van der Waals surface area contributed by atoms with E-state index in [-0.39, 0.29) is 0 Å². The van der Waals surface area contributed by atoms with Crippen molar-refractivity contribution in [1.29, 1.82) is 0 Å². The molecule has 0 aliphatic carbocycles. The van der Waals surface area contributed by atoms with E-state index in [0.717, 1.165) is 19.1 Å². The minimum atomic E-state index is 0.603. The third-order valence-corrected chi connectivity index (χ3v) is 3.57. The zero-order valence-electron chi connectivity index (χ0n) is 11.5. The number of likely N-dealkylation sites (tertiary alicyclic amines) is 1. The van der Waals surface area contributed by atoms with E-state index in [4.69, 9.17) is 0 Å². The van der Waals surface area contributed by atoms with Crippen molar-refractivity contribution < 1.29 is 0 Å². The molecule has 1 fully saturated rings. The Balaban J connectivity index is 2.24. The molecule has 16 heavy (non-hydrogen) atoms. The fraction of sp³-hybridized carbons (Fsp3) is 1.00. The molecule has 1 aliphatic rings. The Labute approximate surface area is 101 Å². The highest BCUT2D eigenvalue weighted by atomic mass is 15.2. The minimum Gasteiger partial charge on any atom is -0.313 e. The first-order chi connectivity index (χ1) is 7.67. The second-order valence-electron chi connectivity index (χ2n) is 5.10. The summed E-state index contributed by atoms with van der Waals surface area (Å²) in [6.07, 6.45) is 2.77. The van der Waals surface area contributed by atoms with Gasteiger partial charge in [0.2, 0.25) is 0 Å². The predicted octanol–water partition coefficient (Wildman–Crippen LogP) is 1.40. The quantitative estimate of drug-likeness (QED) is 0.709. The number of nitrogens with one attached hydrogen (secondary N) is 1. The molecule has 1 rings (SSSR count). The summed E-state index contributed by atoms with van der Waals surface area (Å²) in [7, 11) is 2.25. The van der Waals surface area contributed by atoms with Crippen LogP contribution in [-0.4, -0.2) is 61.7 Å². The first-order valence-corrected chi connectivity index (χ1v) is 6.83. The van der Waals surface area contributed by atoms with Gasteiger partial charge in [0.05, 0.1) is 0 Å². The van der Waals surface area contributed by atoms with E-state index in [9.17, 15) is 0 Å². The van der Waals surface area contributed by atoms with E-state index >= 15 is 0 Å². The maximum atomic E-state index is 3.47. The number of nitrogens with zero attached hydrogens (tertiary/aromatic N) is 2. The maximum Gasteiger partial charge on any atom is 0.0223 e. The molecule has 1 saturated heterocycles. The standard InChI is InChI=1S/C13H29N3/c1-5-14-12(3)10-15(4)11-13-8-7-9-16(13)6-2/h12-14H,5-11H2,1-4H3. The average Bonchev–Trinajstić information content (AvgIpc) is 2.65. The van der Waals surface area contributed by atoms with Gasteiger partial charge in [-0.2, -0.15) is 0 Å². The summed E-state index contributed by atoms with van der Waals surface area (Å²) in [5, 5.41) is 3.47. The molecule has 2 atom stereocenters. The Morgan fingerprint density at radius 2 is 2.19 bits per heavy atom. The second-order valence-corrected chi connectivity index (χ2v) is 5.10. The maximum absolute atomic E-state index is 3.47. The molecule has 1 N–H and O–H groups in total. The van der Waals surface area contributed by atoms with E-state index < -0.39 is 0 Å². The monoisotopic (exact) mass is 227 g/mol. The van der Waals surface area contributed by atoms with Crippen LogP contribution in [0.4, 0.5) is 0 Å². The van der Waals surface area contributed by atoms with Crippen LogP contribution >= 0.6 is 0 Å². The summed E-state index contributed by atoms with van der Waals surface area (Å²) in [4.78, 5) is 5.10. The highest BCUT2D eigenvalue weighted by Gasteiger charge is 2.24. The normalized spacial score (nSPS) is 24.2. The van der Waals surface area contributed by atoms with Gasteiger partial charge in [-0.05, 0) is 46.4 Å². The molecule has 0 aromatic carbocycles. The first kappa shape index (κ1) is 13.9. The van der Waals surface area contributed by atoms with Crippen LogP contribution < -0.4 is 5.32 Å². The van der Waals surface area contributed by atoms with Crippen molar-refractivity contribution in [3.05, 3.63) is 0 Å². The fourth-order valence-electron chi connectivity index (χ4n) is 2.83. The molecular weight excluding hydrogens is 198 g/mol. The predicted molar refractivity (Wildman–Crippen MR) is 70.9 cm³/mol. The molecule has 2 unspecified atom stereocenters. The molecule has 0 bridgehead atoms. The summed E-state index contributed by atoms with van der Waals surface area (Å²) < 4.78 is 0. The van der Waals surface area contributed by atoms with Crippen LogP contribution in [0.15, 0.2) is 0 Å².